The Morgan fingerprint density at radius 1 is 1.06 bits per heavy atom. The van der Waals surface area contributed by atoms with Crippen LogP contribution in [0.15, 0.2) is 11.6 Å². The molecule has 16 heavy (non-hydrogen) atoms. The molecule has 0 aliphatic rings. The van der Waals surface area contributed by atoms with Gasteiger partial charge in [-0.25, -0.2) is 4.79 Å². The van der Waals surface area contributed by atoms with Gasteiger partial charge in [0.1, 0.15) is 0 Å². The number of carbonyl (C=O) groups is 2. The Morgan fingerprint density at radius 3 is 2.19 bits per heavy atom. The maximum atomic E-state index is 11.5. The van der Waals surface area contributed by atoms with Crippen molar-refractivity contribution in [2.45, 2.75) is 40.0 Å². The minimum atomic E-state index is -0.427. The summed E-state index contributed by atoms with van der Waals surface area (Å²) >= 11 is 0. The number of carbonyl (C=O) groups excluding carboxylic acids is 2. The molecule has 0 fully saturated rings. The third kappa shape index (κ3) is 6.22. The van der Waals surface area contributed by atoms with E-state index in [4.69, 9.17) is 9.47 Å². The molecule has 0 atom stereocenters. The van der Waals surface area contributed by atoms with Crippen molar-refractivity contribution in [3.8, 4) is 0 Å². The molecule has 0 rings (SSSR count). The third-order valence-electron chi connectivity index (χ3n) is 1.86. The molecule has 0 bridgehead atoms. The van der Waals surface area contributed by atoms with Crippen molar-refractivity contribution >= 4 is 11.9 Å². The molecule has 0 aromatic heterocycles. The smallest absolute Gasteiger partial charge is 0.334 e. The van der Waals surface area contributed by atoms with Crippen molar-refractivity contribution in [3.05, 3.63) is 11.6 Å². The van der Waals surface area contributed by atoms with Crippen LogP contribution in [0.2, 0.25) is 0 Å². The first-order chi connectivity index (χ1) is 7.65. The molecule has 0 aromatic carbocycles. The van der Waals surface area contributed by atoms with Crippen LogP contribution in [0.1, 0.15) is 40.0 Å². The van der Waals surface area contributed by atoms with Crippen molar-refractivity contribution in [3.63, 3.8) is 0 Å². The number of esters is 2. The molecular formula is C12H20O4. The summed E-state index contributed by atoms with van der Waals surface area (Å²) in [7, 11) is 0. The highest BCUT2D eigenvalue weighted by atomic mass is 16.5. The van der Waals surface area contributed by atoms with Gasteiger partial charge in [-0.15, -0.1) is 0 Å². The van der Waals surface area contributed by atoms with E-state index in [9.17, 15) is 9.59 Å². The molecule has 0 aliphatic carbocycles. The van der Waals surface area contributed by atoms with E-state index in [2.05, 4.69) is 0 Å². The molecule has 0 saturated heterocycles. The Balaban J connectivity index is 4.42. The lowest BCUT2D eigenvalue weighted by Crippen LogP contribution is -2.13. The molecule has 0 N–H and O–H groups in total. The standard InChI is InChI=1S/C12H20O4/c1-4-7-8-10(12(14)16-6-3)9-11(13)15-5-2/h8H,4-7,9H2,1-3H3/b10-8+. The Kier molecular flexibility index (Phi) is 8.21. The van der Waals surface area contributed by atoms with Gasteiger partial charge in [0.05, 0.1) is 19.6 Å². The maximum absolute atomic E-state index is 11.5. The molecule has 0 heterocycles. The average molecular weight is 228 g/mol. The second-order valence-electron chi connectivity index (χ2n) is 3.22. The van der Waals surface area contributed by atoms with Crippen LogP contribution >= 0.6 is 0 Å². The minimum Gasteiger partial charge on any atom is -0.466 e. The minimum absolute atomic E-state index is 0.00727. The monoisotopic (exact) mass is 228 g/mol. The van der Waals surface area contributed by atoms with E-state index in [-0.39, 0.29) is 6.42 Å². The fourth-order valence-corrected chi connectivity index (χ4v) is 1.14. The van der Waals surface area contributed by atoms with Crippen molar-refractivity contribution in [2.24, 2.45) is 0 Å². The molecule has 92 valence electrons. The van der Waals surface area contributed by atoms with Crippen LogP contribution in [0.5, 0.6) is 0 Å². The highest BCUT2D eigenvalue weighted by Gasteiger charge is 2.15. The fraction of sp³-hybridized carbons (Fsp3) is 0.667. The Bertz CT molecular complexity index is 256. The summed E-state index contributed by atoms with van der Waals surface area (Å²) in [5.74, 6) is -0.818. The second-order valence-corrected chi connectivity index (χ2v) is 3.22. The van der Waals surface area contributed by atoms with Crippen molar-refractivity contribution in [1.82, 2.24) is 0 Å². The van der Waals surface area contributed by atoms with Crippen LogP contribution in [-0.4, -0.2) is 25.2 Å². The largest absolute Gasteiger partial charge is 0.466 e. The Hall–Kier alpha value is -1.32. The number of unbranched alkanes of at least 4 members (excludes halogenated alkanes) is 1. The molecule has 4 nitrogen and oxygen atoms in total. The van der Waals surface area contributed by atoms with E-state index in [1.54, 1.807) is 19.9 Å². The molecule has 0 unspecified atom stereocenters. The van der Waals surface area contributed by atoms with Crippen molar-refractivity contribution in [1.29, 1.82) is 0 Å². The zero-order valence-corrected chi connectivity index (χ0v) is 10.2. The zero-order chi connectivity index (χ0) is 12.4. The first-order valence-electron chi connectivity index (χ1n) is 5.67. The van der Waals surface area contributed by atoms with E-state index in [0.717, 1.165) is 12.8 Å². The number of ether oxygens (including phenoxy) is 2. The van der Waals surface area contributed by atoms with Gasteiger partial charge in [-0.1, -0.05) is 19.4 Å². The molecule has 0 radical (unpaired) electrons. The summed E-state index contributed by atoms with van der Waals surface area (Å²) < 4.78 is 9.66. The first kappa shape index (κ1) is 14.7. The molecule has 0 aromatic rings. The van der Waals surface area contributed by atoms with Crippen molar-refractivity contribution < 1.29 is 19.1 Å². The lowest BCUT2D eigenvalue weighted by Gasteiger charge is -2.06. The van der Waals surface area contributed by atoms with E-state index in [0.29, 0.717) is 18.8 Å². The second kappa shape index (κ2) is 8.95. The number of hydrogen-bond donors (Lipinski definition) is 0. The summed E-state index contributed by atoms with van der Waals surface area (Å²) in [5.41, 5.74) is 0.391. The molecule has 0 spiro atoms. The maximum Gasteiger partial charge on any atom is 0.334 e. The van der Waals surface area contributed by atoms with Crippen molar-refractivity contribution in [2.75, 3.05) is 13.2 Å². The van der Waals surface area contributed by atoms with E-state index >= 15 is 0 Å². The lowest BCUT2D eigenvalue weighted by molar-refractivity contribution is -0.145. The van der Waals surface area contributed by atoms with Crippen LogP contribution in [-0.2, 0) is 19.1 Å². The molecule has 0 amide bonds. The van der Waals surface area contributed by atoms with Gasteiger partial charge in [0.15, 0.2) is 0 Å². The highest BCUT2D eigenvalue weighted by Crippen LogP contribution is 2.08. The molecule has 0 saturated carbocycles. The molecule has 0 aliphatic heterocycles. The lowest BCUT2D eigenvalue weighted by atomic mass is 10.1. The number of allylic oxidation sites excluding steroid dienone is 1. The van der Waals surface area contributed by atoms with Crippen LogP contribution in [0.25, 0.3) is 0 Å². The van der Waals surface area contributed by atoms with Gasteiger partial charge in [-0.05, 0) is 20.3 Å². The van der Waals surface area contributed by atoms with Crippen LogP contribution < -0.4 is 0 Å². The molecule has 4 heteroatoms. The summed E-state index contributed by atoms with van der Waals surface area (Å²) in [5, 5.41) is 0. The van der Waals surface area contributed by atoms with Gasteiger partial charge in [0, 0.05) is 5.57 Å². The summed E-state index contributed by atoms with van der Waals surface area (Å²) in [6, 6.07) is 0. The van der Waals surface area contributed by atoms with Crippen LogP contribution in [0.4, 0.5) is 0 Å². The van der Waals surface area contributed by atoms with Gasteiger partial charge < -0.3 is 9.47 Å². The summed E-state index contributed by atoms with van der Waals surface area (Å²) in [4.78, 5) is 22.7. The summed E-state index contributed by atoms with van der Waals surface area (Å²) in [6.45, 7) is 6.11. The number of rotatable bonds is 7. The fourth-order valence-electron chi connectivity index (χ4n) is 1.14. The first-order valence-corrected chi connectivity index (χ1v) is 5.67. The topological polar surface area (TPSA) is 52.6 Å². The SMILES string of the molecule is CCC/C=C(\CC(=O)OCC)C(=O)OCC. The van der Waals surface area contributed by atoms with E-state index < -0.39 is 11.9 Å². The van der Waals surface area contributed by atoms with Gasteiger partial charge in [0.25, 0.3) is 0 Å². The predicted octanol–water partition coefficient (Wildman–Crippen LogP) is 2.23. The predicted molar refractivity (Wildman–Crippen MR) is 60.9 cm³/mol. The van der Waals surface area contributed by atoms with Gasteiger partial charge in [0.2, 0.25) is 0 Å². The van der Waals surface area contributed by atoms with Crippen LogP contribution in [0, 0.1) is 0 Å². The van der Waals surface area contributed by atoms with Gasteiger partial charge >= 0.3 is 11.9 Å². The highest BCUT2D eigenvalue weighted by molar-refractivity contribution is 5.93. The summed E-state index contributed by atoms with van der Waals surface area (Å²) in [6.07, 6.45) is 3.42. The Morgan fingerprint density at radius 2 is 1.69 bits per heavy atom. The van der Waals surface area contributed by atoms with E-state index in [1.165, 1.54) is 0 Å². The average Bonchev–Trinajstić information content (AvgIpc) is 2.24. The zero-order valence-electron chi connectivity index (χ0n) is 10.2. The van der Waals surface area contributed by atoms with Crippen LogP contribution in [0.3, 0.4) is 0 Å². The number of hydrogen-bond acceptors (Lipinski definition) is 4. The van der Waals surface area contributed by atoms with E-state index in [1.807, 2.05) is 6.92 Å². The third-order valence-corrected chi connectivity index (χ3v) is 1.86. The van der Waals surface area contributed by atoms with Gasteiger partial charge in [-0.2, -0.15) is 0 Å². The normalized spacial score (nSPS) is 11.1. The van der Waals surface area contributed by atoms with Gasteiger partial charge in [-0.3, -0.25) is 4.79 Å². The quantitative estimate of drug-likeness (QED) is 0.495. The Labute approximate surface area is 96.6 Å². The molecular weight excluding hydrogens is 208 g/mol.